The summed E-state index contributed by atoms with van der Waals surface area (Å²) in [6, 6.07) is 7.85. The van der Waals surface area contributed by atoms with Crippen molar-refractivity contribution in [3.05, 3.63) is 35.4 Å². The maximum Gasteiger partial charge on any atom is 0.410 e. The standard InChI is InChI=1S/C24H29ClFN3O5/c1-24(2,3)34-23(30)29-15-6-9-18(29)22(26)20(12-15)33-21-10-8-17(27-28-21)16-7-5-14(25)11-19(16)32-13-31-4/h5,7-8,10-11,15,18,20,22H,6,9,12-13H2,1-4H3/t15-,18+,20-,22+/m1/s1. The Morgan fingerprint density at radius 2 is 2.00 bits per heavy atom. The number of carbonyl (C=O) groups is 1. The molecule has 10 heteroatoms. The second-order valence-corrected chi connectivity index (χ2v) is 9.91. The lowest BCUT2D eigenvalue weighted by Gasteiger charge is -2.41. The van der Waals surface area contributed by atoms with Gasteiger partial charge < -0.3 is 18.9 Å². The maximum atomic E-state index is 15.4. The molecule has 1 aromatic carbocycles. The molecule has 34 heavy (non-hydrogen) atoms. The zero-order valence-corrected chi connectivity index (χ0v) is 20.4. The van der Waals surface area contributed by atoms with Crippen LogP contribution in [-0.4, -0.2) is 65.1 Å². The molecular formula is C24H29ClFN3O5. The zero-order chi connectivity index (χ0) is 24.5. The van der Waals surface area contributed by atoms with Gasteiger partial charge in [-0.05, 0) is 57.9 Å². The van der Waals surface area contributed by atoms with Crippen LogP contribution in [0.15, 0.2) is 30.3 Å². The highest BCUT2D eigenvalue weighted by Gasteiger charge is 2.52. The summed E-state index contributed by atoms with van der Waals surface area (Å²) in [5.41, 5.74) is 0.602. The fourth-order valence-corrected chi connectivity index (χ4v) is 4.61. The molecule has 0 saturated carbocycles. The molecule has 8 nitrogen and oxygen atoms in total. The van der Waals surface area contributed by atoms with Crippen molar-refractivity contribution in [1.82, 2.24) is 15.1 Å². The van der Waals surface area contributed by atoms with Crippen LogP contribution in [0, 0.1) is 0 Å². The number of nitrogens with zero attached hydrogens (tertiary/aromatic N) is 3. The van der Waals surface area contributed by atoms with Crippen LogP contribution in [0.1, 0.15) is 40.0 Å². The van der Waals surface area contributed by atoms with Gasteiger partial charge in [-0.25, -0.2) is 9.18 Å². The van der Waals surface area contributed by atoms with E-state index in [0.29, 0.717) is 34.9 Å². The smallest absolute Gasteiger partial charge is 0.410 e. The normalized spacial score (nSPS) is 24.1. The number of methoxy groups -OCH3 is 1. The SMILES string of the molecule is COCOc1cc(Cl)ccc1-c1ccc(O[C@@H]2C[C@H]3CC[C@@H]([C@@H]2F)N3C(=O)OC(C)(C)C)nn1. The van der Waals surface area contributed by atoms with Gasteiger partial charge >= 0.3 is 6.09 Å². The van der Waals surface area contributed by atoms with Gasteiger partial charge in [-0.3, -0.25) is 4.90 Å². The third-order valence-electron chi connectivity index (χ3n) is 5.84. The molecule has 0 N–H and O–H groups in total. The van der Waals surface area contributed by atoms with Crippen LogP contribution < -0.4 is 9.47 Å². The van der Waals surface area contributed by atoms with Crippen molar-refractivity contribution in [2.75, 3.05) is 13.9 Å². The molecule has 0 unspecified atom stereocenters. The van der Waals surface area contributed by atoms with Crippen molar-refractivity contribution in [2.24, 2.45) is 0 Å². The maximum absolute atomic E-state index is 15.4. The molecule has 3 heterocycles. The number of piperidine rings is 1. The average molecular weight is 494 g/mol. The van der Waals surface area contributed by atoms with Crippen LogP contribution in [0.5, 0.6) is 11.6 Å². The van der Waals surface area contributed by atoms with E-state index in [9.17, 15) is 4.79 Å². The summed E-state index contributed by atoms with van der Waals surface area (Å²) in [6.07, 6.45) is -0.872. The van der Waals surface area contributed by atoms with E-state index in [4.69, 9.17) is 30.5 Å². The van der Waals surface area contributed by atoms with E-state index in [1.165, 1.54) is 7.11 Å². The minimum Gasteiger partial charge on any atom is -0.470 e. The number of fused-ring (bicyclic) bond motifs is 2. The van der Waals surface area contributed by atoms with Gasteiger partial charge in [0.1, 0.15) is 17.5 Å². The molecule has 0 aliphatic carbocycles. The molecule has 1 aromatic heterocycles. The summed E-state index contributed by atoms with van der Waals surface area (Å²) < 4.78 is 37.3. The number of amides is 1. The molecule has 2 aliphatic heterocycles. The monoisotopic (exact) mass is 493 g/mol. The molecule has 2 saturated heterocycles. The van der Waals surface area contributed by atoms with Crippen LogP contribution in [0.4, 0.5) is 9.18 Å². The topological polar surface area (TPSA) is 83.0 Å². The van der Waals surface area contributed by atoms with E-state index in [0.717, 1.165) is 6.42 Å². The van der Waals surface area contributed by atoms with Crippen LogP contribution in [0.2, 0.25) is 5.02 Å². The number of benzene rings is 1. The van der Waals surface area contributed by atoms with E-state index in [1.807, 2.05) is 0 Å². The number of alkyl halides is 1. The van der Waals surface area contributed by atoms with E-state index in [1.54, 1.807) is 56.0 Å². The fourth-order valence-electron chi connectivity index (χ4n) is 4.45. The number of rotatable bonds is 6. The third-order valence-corrected chi connectivity index (χ3v) is 6.08. The first-order chi connectivity index (χ1) is 16.2. The number of hydrogen-bond donors (Lipinski definition) is 0. The Morgan fingerprint density at radius 3 is 2.68 bits per heavy atom. The zero-order valence-electron chi connectivity index (χ0n) is 19.7. The molecule has 2 aromatic rings. The molecule has 4 rings (SSSR count). The number of ether oxygens (including phenoxy) is 4. The molecule has 2 fully saturated rings. The van der Waals surface area contributed by atoms with Gasteiger partial charge in [-0.15, -0.1) is 10.2 Å². The van der Waals surface area contributed by atoms with Crippen molar-refractivity contribution in [3.63, 3.8) is 0 Å². The highest BCUT2D eigenvalue weighted by molar-refractivity contribution is 6.30. The van der Waals surface area contributed by atoms with Crippen molar-refractivity contribution < 1.29 is 28.1 Å². The second-order valence-electron chi connectivity index (χ2n) is 9.47. The number of carbonyl (C=O) groups excluding carboxylic acids is 1. The first-order valence-electron chi connectivity index (χ1n) is 11.2. The molecule has 1 amide bonds. The lowest BCUT2D eigenvalue weighted by Crippen LogP contribution is -2.57. The van der Waals surface area contributed by atoms with Crippen molar-refractivity contribution in [2.45, 2.75) is 70.0 Å². The van der Waals surface area contributed by atoms with Crippen LogP contribution in [0.25, 0.3) is 11.3 Å². The Kier molecular flexibility index (Phi) is 7.14. The fraction of sp³-hybridized carbons (Fsp3) is 0.542. The predicted octanol–water partition coefficient (Wildman–Crippen LogP) is 5.04. The van der Waals surface area contributed by atoms with Crippen molar-refractivity contribution in [1.29, 1.82) is 0 Å². The quantitative estimate of drug-likeness (QED) is 0.521. The highest BCUT2D eigenvalue weighted by Crippen LogP contribution is 2.40. The van der Waals surface area contributed by atoms with Gasteiger partial charge in [0.05, 0.1) is 11.7 Å². The number of hydrogen-bond acceptors (Lipinski definition) is 7. The van der Waals surface area contributed by atoms with E-state index in [2.05, 4.69) is 10.2 Å². The van der Waals surface area contributed by atoms with Gasteiger partial charge in [0.2, 0.25) is 5.88 Å². The van der Waals surface area contributed by atoms with Gasteiger partial charge in [0, 0.05) is 36.2 Å². The van der Waals surface area contributed by atoms with Crippen LogP contribution >= 0.6 is 11.6 Å². The summed E-state index contributed by atoms with van der Waals surface area (Å²) in [7, 11) is 1.53. The summed E-state index contributed by atoms with van der Waals surface area (Å²) >= 11 is 6.08. The van der Waals surface area contributed by atoms with Crippen molar-refractivity contribution >= 4 is 17.7 Å². The van der Waals surface area contributed by atoms with Gasteiger partial charge in [-0.2, -0.15) is 0 Å². The lowest BCUT2D eigenvalue weighted by atomic mass is 9.98. The summed E-state index contributed by atoms with van der Waals surface area (Å²) in [4.78, 5) is 14.2. The third kappa shape index (κ3) is 5.36. The van der Waals surface area contributed by atoms with E-state index in [-0.39, 0.29) is 18.7 Å². The molecular weight excluding hydrogens is 465 g/mol. The Morgan fingerprint density at radius 1 is 1.21 bits per heavy atom. The first-order valence-corrected chi connectivity index (χ1v) is 11.6. The molecule has 0 radical (unpaired) electrons. The van der Waals surface area contributed by atoms with Crippen LogP contribution in [0.3, 0.4) is 0 Å². The van der Waals surface area contributed by atoms with Crippen molar-refractivity contribution in [3.8, 4) is 22.9 Å². The van der Waals surface area contributed by atoms with Gasteiger partial charge in [-0.1, -0.05) is 11.6 Å². The van der Waals surface area contributed by atoms with E-state index < -0.39 is 30.0 Å². The number of aromatic nitrogens is 2. The molecule has 0 spiro atoms. The van der Waals surface area contributed by atoms with Gasteiger partial charge in [0.25, 0.3) is 0 Å². The first kappa shape index (κ1) is 24.5. The van der Waals surface area contributed by atoms with Crippen LogP contribution in [-0.2, 0) is 9.47 Å². The highest BCUT2D eigenvalue weighted by atomic mass is 35.5. The summed E-state index contributed by atoms with van der Waals surface area (Å²) in [5.74, 6) is 0.724. The molecule has 2 bridgehead atoms. The summed E-state index contributed by atoms with van der Waals surface area (Å²) in [6.45, 7) is 5.46. The Bertz CT molecular complexity index is 1020. The predicted molar refractivity (Wildman–Crippen MR) is 124 cm³/mol. The summed E-state index contributed by atoms with van der Waals surface area (Å²) in [5, 5.41) is 8.88. The Labute approximate surface area is 203 Å². The second kappa shape index (κ2) is 9.92. The average Bonchev–Trinajstić information content (AvgIpc) is 3.13. The lowest BCUT2D eigenvalue weighted by molar-refractivity contribution is -0.0412. The Hall–Kier alpha value is -2.65. The minimum absolute atomic E-state index is 0.0597. The largest absolute Gasteiger partial charge is 0.470 e. The molecule has 184 valence electrons. The van der Waals surface area contributed by atoms with Gasteiger partial charge in [0.15, 0.2) is 13.0 Å². The number of halogens is 2. The Balaban J connectivity index is 1.45. The molecule has 2 aliphatic rings. The molecule has 4 atom stereocenters. The van der Waals surface area contributed by atoms with E-state index >= 15 is 4.39 Å². The minimum atomic E-state index is -1.35.